The fraction of sp³-hybridized carbons (Fsp3) is 0.542. The van der Waals surface area contributed by atoms with Crippen molar-refractivity contribution in [2.75, 3.05) is 30.8 Å². The third-order valence-electron chi connectivity index (χ3n) is 8.47. The molecule has 0 aliphatic carbocycles. The van der Waals surface area contributed by atoms with Gasteiger partial charge >= 0.3 is 6.80 Å². The molecule has 5 N–H and O–H groups in total. The third-order valence-corrected chi connectivity index (χ3v) is 12.3. The van der Waals surface area contributed by atoms with E-state index in [1.54, 1.807) is 4.57 Å². The van der Waals surface area contributed by atoms with Crippen LogP contribution in [0.5, 0.6) is 0 Å². The van der Waals surface area contributed by atoms with E-state index in [-0.39, 0.29) is 12.4 Å². The molecule has 4 aromatic heterocycles. The Morgan fingerprint density at radius 2 is 1.70 bits per heavy atom. The van der Waals surface area contributed by atoms with Gasteiger partial charge in [-0.15, -0.1) is 0 Å². The zero-order chi connectivity index (χ0) is 32.7. The fourth-order valence-electron chi connectivity index (χ4n) is 6.33. The summed E-state index contributed by atoms with van der Waals surface area (Å²) in [6.07, 6.45) is -1.76. The molecule has 4 aliphatic rings. The van der Waals surface area contributed by atoms with Gasteiger partial charge in [-0.1, -0.05) is 24.5 Å². The van der Waals surface area contributed by atoms with Crippen molar-refractivity contribution in [1.29, 1.82) is 0 Å². The van der Waals surface area contributed by atoms with Crippen LogP contribution in [0.2, 0.25) is 0 Å². The number of nitrogens with zero attached hydrogens (tertiary/aromatic N) is 7. The van der Waals surface area contributed by atoms with Gasteiger partial charge in [-0.2, -0.15) is 0 Å². The molecule has 8 heterocycles. The van der Waals surface area contributed by atoms with Crippen LogP contribution in [0.1, 0.15) is 24.4 Å². The summed E-state index contributed by atoms with van der Waals surface area (Å²) in [5.41, 5.74) is 4.64. The van der Waals surface area contributed by atoms with Gasteiger partial charge in [0.05, 0.1) is 24.9 Å². The van der Waals surface area contributed by atoms with Crippen molar-refractivity contribution in [3.05, 3.63) is 30.7 Å². The molecule has 47 heavy (non-hydrogen) atoms. The Kier molecular flexibility index (Phi) is 8.31. The summed E-state index contributed by atoms with van der Waals surface area (Å²) in [4.78, 5) is 21.3. The molecule has 3 fully saturated rings. The standard InChI is InChI=1S/C24H29N9O9P2S3/c25-19-14-22(30-7-27-19)33(9-31-14)24-18-15(34)11(39-24)5-37-43(36,45)41-17-12(6-38-44(46,47)42-18)40-23(16(17)35)32-4-10-2-1-3-26-20-13(10)21(32)29-8-28-20/h4,7-9,11-12,15-18,23-24,34-35H,1-3,5-6H2,(H,36,45)(H,46,47)(H2,25,27,30)(H,26,28,29)/t11-,12-,15-,16-,17-,18-,23-,24-,43?/m1/s1. The van der Waals surface area contributed by atoms with E-state index in [2.05, 4.69) is 54.7 Å². The van der Waals surface area contributed by atoms with Crippen LogP contribution in [-0.2, 0) is 50.4 Å². The first-order chi connectivity index (χ1) is 22.5. The van der Waals surface area contributed by atoms with Gasteiger partial charge in [0.15, 0.2) is 23.9 Å². The van der Waals surface area contributed by atoms with Crippen molar-refractivity contribution in [2.24, 2.45) is 0 Å². The summed E-state index contributed by atoms with van der Waals surface area (Å²) < 4.78 is 52.8. The molecule has 8 rings (SSSR count). The molecule has 4 aromatic rings. The number of thiol groups is 2. The summed E-state index contributed by atoms with van der Waals surface area (Å²) in [7, 11) is 0. The number of imidazole rings is 1. The normalized spacial score (nSPS) is 37.9. The number of hydrogen-bond acceptors (Lipinski definition) is 17. The number of anilines is 2. The van der Waals surface area contributed by atoms with Crippen LogP contribution in [-0.4, -0.2) is 101 Å². The number of aromatic nitrogens is 7. The maximum Gasteiger partial charge on any atom is 0.386 e. The predicted molar refractivity (Wildman–Crippen MR) is 175 cm³/mol. The molecule has 10 atom stereocenters. The van der Waals surface area contributed by atoms with Crippen molar-refractivity contribution in [2.45, 2.75) is 61.9 Å². The van der Waals surface area contributed by atoms with Crippen LogP contribution in [0.25, 0.3) is 22.2 Å². The van der Waals surface area contributed by atoms with Gasteiger partial charge in [-0.25, -0.2) is 29.5 Å². The average molecular weight is 746 g/mol. The maximum absolute atomic E-state index is 13.6. The summed E-state index contributed by atoms with van der Waals surface area (Å²) in [5.74, 6) is 0.833. The zero-order valence-electron chi connectivity index (χ0n) is 24.1. The molecule has 0 aromatic carbocycles. The molecule has 4 aliphatic heterocycles. The van der Waals surface area contributed by atoms with Crippen LogP contribution in [0, 0.1) is 0 Å². The molecule has 2 unspecified atom stereocenters. The first kappa shape index (κ1) is 32.2. The molecule has 3 saturated heterocycles. The van der Waals surface area contributed by atoms with E-state index in [9.17, 15) is 14.8 Å². The molecule has 0 spiro atoms. The van der Waals surface area contributed by atoms with E-state index in [1.165, 1.54) is 23.5 Å². The van der Waals surface area contributed by atoms with E-state index in [1.807, 2.05) is 6.20 Å². The third kappa shape index (κ3) is 5.78. The number of nitrogens with two attached hydrogens (primary N) is 1. The average Bonchev–Trinajstić information content (AvgIpc) is 3.74. The summed E-state index contributed by atoms with van der Waals surface area (Å²) in [5, 5.41) is 27.0. The highest BCUT2D eigenvalue weighted by molar-refractivity contribution is 8.60. The number of aliphatic hydroxyl groups excluding tert-OH is 2. The number of rotatable bonds is 2. The number of aliphatic hydroxyl groups is 2. The Hall–Kier alpha value is -1.97. The quantitative estimate of drug-likeness (QED) is 0.127. The monoisotopic (exact) mass is 745 g/mol. The lowest BCUT2D eigenvalue weighted by atomic mass is 10.1. The van der Waals surface area contributed by atoms with E-state index < -0.39 is 68.2 Å². The van der Waals surface area contributed by atoms with E-state index >= 15 is 0 Å². The summed E-state index contributed by atoms with van der Waals surface area (Å²) in [6.45, 7) is -4.18. The van der Waals surface area contributed by atoms with Gasteiger partial charge in [-0.3, -0.25) is 13.6 Å². The van der Waals surface area contributed by atoms with Crippen molar-refractivity contribution < 1.29 is 42.3 Å². The van der Waals surface area contributed by atoms with Crippen molar-refractivity contribution in [3.63, 3.8) is 0 Å². The van der Waals surface area contributed by atoms with Gasteiger partial charge in [-0.05, 0) is 30.2 Å². The number of hydrogen-bond donors (Lipinski definition) is 6. The number of nitrogens with one attached hydrogen (secondary N) is 1. The van der Waals surface area contributed by atoms with E-state index in [4.69, 9.17) is 45.1 Å². The maximum atomic E-state index is 13.6. The number of nitrogen functional groups attached to an aromatic ring is 1. The first-order valence-corrected chi connectivity index (χ1v) is 21.0. The second kappa shape index (κ2) is 12.1. The first-order valence-electron chi connectivity index (χ1n) is 14.5. The smallest absolute Gasteiger partial charge is 0.386 e. The second-order valence-electron chi connectivity index (χ2n) is 11.4. The van der Waals surface area contributed by atoms with E-state index in [0.717, 1.165) is 30.3 Å². The van der Waals surface area contributed by atoms with Crippen molar-refractivity contribution in [3.8, 4) is 0 Å². The molecule has 0 radical (unpaired) electrons. The topological polar surface area (TPSA) is 225 Å². The number of ether oxygens (including phenoxy) is 2. The van der Waals surface area contributed by atoms with E-state index in [0.29, 0.717) is 22.6 Å². The van der Waals surface area contributed by atoms with Gasteiger partial charge in [0.2, 0.25) is 5.69 Å². The highest BCUT2D eigenvalue weighted by Crippen LogP contribution is 2.60. The number of aryl methyl sites for hydroxylation is 1. The lowest BCUT2D eigenvalue weighted by Gasteiger charge is -2.28. The molecule has 0 amide bonds. The molecule has 18 nitrogen and oxygen atoms in total. The Bertz CT molecular complexity index is 1950. The van der Waals surface area contributed by atoms with Gasteiger partial charge in [0.1, 0.15) is 66.3 Å². The Balaban J connectivity index is 1.11. The van der Waals surface area contributed by atoms with Crippen LogP contribution in [0.15, 0.2) is 25.2 Å². The van der Waals surface area contributed by atoms with Crippen LogP contribution in [0.3, 0.4) is 0 Å². The molecule has 0 saturated carbocycles. The molecule has 23 heteroatoms. The molecular weight excluding hydrogens is 716 g/mol. The van der Waals surface area contributed by atoms with Gasteiger partial charge in [0.25, 0.3) is 0 Å². The highest BCUT2D eigenvalue weighted by Gasteiger charge is 2.52. The zero-order valence-corrected chi connectivity index (χ0v) is 28.5. The van der Waals surface area contributed by atoms with Gasteiger partial charge in [0, 0.05) is 12.7 Å². The second-order valence-corrected chi connectivity index (χ2v) is 19.5. The largest absolute Gasteiger partial charge is 0.387 e. The minimum absolute atomic E-state index is 0.145. The van der Waals surface area contributed by atoms with Crippen molar-refractivity contribution in [1.82, 2.24) is 34.1 Å². The Morgan fingerprint density at radius 1 is 0.936 bits per heavy atom. The molecule has 2 bridgehead atoms. The summed E-state index contributed by atoms with van der Waals surface area (Å²) >= 11 is 14.4. The minimum Gasteiger partial charge on any atom is -0.387 e. The highest BCUT2D eigenvalue weighted by atomic mass is 32.9. The number of fused-ring (bicyclic) bond motifs is 4. The van der Waals surface area contributed by atoms with Crippen molar-refractivity contribution >= 4 is 82.6 Å². The fourth-order valence-corrected chi connectivity index (χ4v) is 9.76. The molecular formula is C24H29N9O9P2S3. The minimum atomic E-state index is -4.22. The summed E-state index contributed by atoms with van der Waals surface area (Å²) in [6, 6.07) is 0. The lowest BCUT2D eigenvalue weighted by Crippen LogP contribution is -2.35. The lowest BCUT2D eigenvalue weighted by molar-refractivity contribution is -0.0553. The van der Waals surface area contributed by atoms with Gasteiger partial charge < -0.3 is 44.4 Å². The molecule has 252 valence electrons. The SMILES string of the molecule is Nc1ncnc2c1ncn2[C@@H]1O[C@@H]2COP(=O)(S)O[C@H]3[C@@H](O)[C@H](n4cc5c6c(ncnc64)NCCC5)O[C@@H]3COP(=S)(S)O[C@@H]1[C@@H]2O. The predicted octanol–water partition coefficient (Wildman–Crippen LogP) is 1.74. The van der Waals surface area contributed by atoms with Crippen LogP contribution < -0.4 is 11.1 Å². The Labute approximate surface area is 281 Å². The Morgan fingerprint density at radius 3 is 2.55 bits per heavy atom. The van der Waals surface area contributed by atoms with Crippen LogP contribution >= 0.6 is 37.0 Å². The van der Waals surface area contributed by atoms with Crippen LogP contribution in [0.4, 0.5) is 11.6 Å².